The van der Waals surface area contributed by atoms with Crippen molar-refractivity contribution in [1.82, 2.24) is 4.98 Å². The first kappa shape index (κ1) is 13.6. The summed E-state index contributed by atoms with van der Waals surface area (Å²) in [4.78, 5) is 18.4. The second-order valence-corrected chi connectivity index (χ2v) is 5.71. The first-order valence-corrected chi connectivity index (χ1v) is 7.39. The minimum absolute atomic E-state index is 0.302. The Morgan fingerprint density at radius 3 is 2.71 bits per heavy atom. The normalized spacial score (nSPS) is 10.7. The quantitative estimate of drug-likeness (QED) is 0.799. The molecule has 0 amide bonds. The van der Waals surface area contributed by atoms with Gasteiger partial charge < -0.3 is 10.0 Å². The van der Waals surface area contributed by atoms with Crippen LogP contribution in [0.2, 0.25) is 0 Å². The van der Waals surface area contributed by atoms with Crippen LogP contribution in [0.4, 0.5) is 5.69 Å². The molecule has 0 bridgehead atoms. The van der Waals surface area contributed by atoms with Crippen LogP contribution < -0.4 is 4.90 Å². The van der Waals surface area contributed by atoms with Crippen LogP contribution in [0, 0.1) is 0 Å². The Labute approximate surface area is 126 Å². The van der Waals surface area contributed by atoms with E-state index >= 15 is 0 Å². The fraction of sp³-hybridized carbons (Fsp3) is 0.125. The summed E-state index contributed by atoms with van der Waals surface area (Å²) in [6.07, 6.45) is 1.83. The van der Waals surface area contributed by atoms with E-state index < -0.39 is 5.97 Å². The lowest BCUT2D eigenvalue weighted by atomic mass is 10.1. The van der Waals surface area contributed by atoms with Crippen LogP contribution in [0.1, 0.15) is 15.9 Å². The Bertz CT molecular complexity index is 780. The molecule has 2 aromatic heterocycles. The van der Waals surface area contributed by atoms with Crippen LogP contribution in [-0.2, 0) is 6.54 Å². The number of nitrogens with zero attached hydrogens (tertiary/aromatic N) is 2. The number of fused-ring (bicyclic) bond motifs is 1. The first-order chi connectivity index (χ1) is 10.1. The van der Waals surface area contributed by atoms with Gasteiger partial charge >= 0.3 is 5.97 Å². The van der Waals surface area contributed by atoms with Gasteiger partial charge in [0.2, 0.25) is 0 Å². The Morgan fingerprint density at radius 1 is 1.24 bits per heavy atom. The summed E-state index contributed by atoms with van der Waals surface area (Å²) in [7, 11) is 1.99. The Morgan fingerprint density at radius 2 is 2.00 bits per heavy atom. The molecule has 3 rings (SSSR count). The molecule has 106 valence electrons. The van der Waals surface area contributed by atoms with E-state index in [1.165, 1.54) is 10.9 Å². The molecule has 0 aliphatic heterocycles. The van der Waals surface area contributed by atoms with Crippen molar-refractivity contribution in [2.75, 3.05) is 11.9 Å². The third kappa shape index (κ3) is 2.73. The van der Waals surface area contributed by atoms with Gasteiger partial charge in [-0.1, -0.05) is 0 Å². The van der Waals surface area contributed by atoms with Crippen molar-refractivity contribution in [1.29, 1.82) is 0 Å². The van der Waals surface area contributed by atoms with Gasteiger partial charge in [0.1, 0.15) is 4.83 Å². The van der Waals surface area contributed by atoms with E-state index in [2.05, 4.69) is 16.0 Å². The third-order valence-electron chi connectivity index (χ3n) is 3.42. The third-order valence-corrected chi connectivity index (χ3v) is 4.24. The summed E-state index contributed by atoms with van der Waals surface area (Å²) in [5.41, 5.74) is 2.50. The SMILES string of the molecule is CN(Cc1ccnc2sccc12)c1ccc(C(=O)O)cc1. The van der Waals surface area contributed by atoms with E-state index in [4.69, 9.17) is 5.11 Å². The Kier molecular flexibility index (Phi) is 3.58. The molecule has 0 fully saturated rings. The minimum Gasteiger partial charge on any atom is -0.478 e. The maximum absolute atomic E-state index is 10.9. The number of hydrogen-bond acceptors (Lipinski definition) is 4. The van der Waals surface area contributed by atoms with Crippen molar-refractivity contribution in [3.63, 3.8) is 0 Å². The molecule has 0 spiro atoms. The summed E-state index contributed by atoms with van der Waals surface area (Å²) in [6.45, 7) is 0.752. The maximum Gasteiger partial charge on any atom is 0.335 e. The van der Waals surface area contributed by atoms with Crippen LogP contribution >= 0.6 is 11.3 Å². The number of carboxylic acid groups (broad SMARTS) is 1. The van der Waals surface area contributed by atoms with Crippen LogP contribution in [0.25, 0.3) is 10.2 Å². The molecule has 1 aromatic carbocycles. The number of aromatic carboxylic acids is 1. The summed E-state index contributed by atoms with van der Waals surface area (Å²) < 4.78 is 0. The number of carbonyl (C=O) groups is 1. The maximum atomic E-state index is 10.9. The van der Waals surface area contributed by atoms with Gasteiger partial charge in [-0.3, -0.25) is 0 Å². The zero-order chi connectivity index (χ0) is 14.8. The number of aromatic nitrogens is 1. The van der Waals surface area contributed by atoms with E-state index in [1.54, 1.807) is 23.5 Å². The van der Waals surface area contributed by atoms with Gasteiger partial charge in [0.25, 0.3) is 0 Å². The topological polar surface area (TPSA) is 53.4 Å². The summed E-state index contributed by atoms with van der Waals surface area (Å²) in [5.74, 6) is -0.904. The van der Waals surface area contributed by atoms with Crippen LogP contribution in [-0.4, -0.2) is 23.1 Å². The molecule has 0 saturated carbocycles. The number of pyridine rings is 1. The van der Waals surface area contributed by atoms with E-state index in [9.17, 15) is 4.79 Å². The van der Waals surface area contributed by atoms with Crippen LogP contribution in [0.3, 0.4) is 0 Å². The molecule has 0 aliphatic carbocycles. The van der Waals surface area contributed by atoms with Gasteiger partial charge in [-0.05, 0) is 47.3 Å². The summed E-state index contributed by atoms with van der Waals surface area (Å²) in [6, 6.07) is 11.0. The highest BCUT2D eigenvalue weighted by Gasteiger charge is 2.08. The predicted octanol–water partition coefficient (Wildman–Crippen LogP) is 3.63. The number of carboxylic acids is 1. The lowest BCUT2D eigenvalue weighted by molar-refractivity contribution is 0.0697. The first-order valence-electron chi connectivity index (χ1n) is 6.51. The number of thiophene rings is 1. The van der Waals surface area contributed by atoms with Gasteiger partial charge in [0.05, 0.1) is 5.56 Å². The lowest BCUT2D eigenvalue weighted by Gasteiger charge is -2.20. The highest BCUT2D eigenvalue weighted by Crippen LogP contribution is 2.24. The van der Waals surface area contributed by atoms with E-state index in [1.807, 2.05) is 36.8 Å². The van der Waals surface area contributed by atoms with Gasteiger partial charge in [0, 0.05) is 30.9 Å². The fourth-order valence-corrected chi connectivity index (χ4v) is 3.05. The van der Waals surface area contributed by atoms with E-state index in [-0.39, 0.29) is 0 Å². The number of rotatable bonds is 4. The van der Waals surface area contributed by atoms with Gasteiger partial charge in [-0.25, -0.2) is 9.78 Å². The van der Waals surface area contributed by atoms with Crippen molar-refractivity contribution in [2.24, 2.45) is 0 Å². The average molecular weight is 298 g/mol. The van der Waals surface area contributed by atoms with E-state index in [0.29, 0.717) is 5.56 Å². The monoisotopic (exact) mass is 298 g/mol. The molecule has 0 radical (unpaired) electrons. The van der Waals surface area contributed by atoms with Crippen molar-refractivity contribution in [2.45, 2.75) is 6.54 Å². The molecule has 0 atom stereocenters. The fourth-order valence-electron chi connectivity index (χ4n) is 2.27. The van der Waals surface area contributed by atoms with Crippen molar-refractivity contribution < 1.29 is 9.90 Å². The zero-order valence-electron chi connectivity index (χ0n) is 11.5. The molecule has 0 saturated heterocycles. The predicted molar refractivity (Wildman–Crippen MR) is 85.1 cm³/mol. The molecule has 0 aliphatic rings. The van der Waals surface area contributed by atoms with Crippen molar-refractivity contribution in [3.8, 4) is 0 Å². The molecular formula is C16H14N2O2S. The standard InChI is InChI=1S/C16H14N2O2S/c1-18(13-4-2-11(3-5-13)16(19)20)10-12-6-8-17-15-14(12)7-9-21-15/h2-9H,10H2,1H3,(H,19,20). The molecule has 4 nitrogen and oxygen atoms in total. The zero-order valence-corrected chi connectivity index (χ0v) is 12.3. The van der Waals surface area contributed by atoms with Crippen LogP contribution in [0.15, 0.2) is 48.0 Å². The molecule has 5 heteroatoms. The summed E-state index contributed by atoms with van der Waals surface area (Å²) in [5, 5.41) is 12.1. The smallest absolute Gasteiger partial charge is 0.335 e. The van der Waals surface area contributed by atoms with E-state index in [0.717, 1.165) is 17.1 Å². The van der Waals surface area contributed by atoms with Crippen molar-refractivity contribution in [3.05, 3.63) is 59.1 Å². The average Bonchev–Trinajstić information content (AvgIpc) is 2.97. The largest absolute Gasteiger partial charge is 0.478 e. The van der Waals surface area contributed by atoms with Gasteiger partial charge in [0.15, 0.2) is 0 Å². The lowest BCUT2D eigenvalue weighted by Crippen LogP contribution is -2.16. The minimum atomic E-state index is -0.904. The second kappa shape index (κ2) is 5.54. The number of anilines is 1. The summed E-state index contributed by atoms with van der Waals surface area (Å²) >= 11 is 1.63. The van der Waals surface area contributed by atoms with Gasteiger partial charge in [-0.15, -0.1) is 11.3 Å². The highest BCUT2D eigenvalue weighted by molar-refractivity contribution is 7.16. The van der Waals surface area contributed by atoms with Crippen molar-refractivity contribution >= 4 is 33.2 Å². The molecule has 3 aromatic rings. The van der Waals surface area contributed by atoms with Crippen LogP contribution in [0.5, 0.6) is 0 Å². The molecule has 21 heavy (non-hydrogen) atoms. The Balaban J connectivity index is 1.84. The Hall–Kier alpha value is -2.40. The second-order valence-electron chi connectivity index (χ2n) is 4.82. The number of hydrogen-bond donors (Lipinski definition) is 1. The molecule has 2 heterocycles. The molecular weight excluding hydrogens is 284 g/mol. The van der Waals surface area contributed by atoms with Gasteiger partial charge in [-0.2, -0.15) is 0 Å². The number of benzene rings is 1. The highest BCUT2D eigenvalue weighted by atomic mass is 32.1. The molecule has 0 unspecified atom stereocenters. The molecule has 1 N–H and O–H groups in total.